The van der Waals surface area contributed by atoms with Crippen molar-refractivity contribution >= 4 is 5.91 Å². The molecule has 0 unspecified atom stereocenters. The molecule has 7 heteroatoms. The lowest BCUT2D eigenvalue weighted by Crippen LogP contribution is -2.27. The molecule has 138 valence electrons. The molecule has 0 atom stereocenters. The molecule has 0 spiro atoms. The monoisotopic (exact) mass is 335 g/mol. The second-order valence-electron chi connectivity index (χ2n) is 4.75. The highest BCUT2D eigenvalue weighted by atomic mass is 16.6. The maximum atomic E-state index is 11.2. The Hall–Kier alpha value is -0.730. The van der Waals surface area contributed by atoms with E-state index in [4.69, 9.17) is 23.7 Å². The Balaban J connectivity index is 3.01. The van der Waals surface area contributed by atoms with Gasteiger partial charge in [-0.25, -0.2) is 0 Å². The molecule has 0 rings (SSSR count). The summed E-state index contributed by atoms with van der Waals surface area (Å²) in [5, 5.41) is 2.79. The zero-order valence-corrected chi connectivity index (χ0v) is 14.6. The van der Waals surface area contributed by atoms with E-state index in [0.717, 1.165) is 6.42 Å². The average molecular weight is 335 g/mol. The van der Waals surface area contributed by atoms with Crippen molar-refractivity contribution in [3.63, 3.8) is 0 Å². The number of nitrogens with one attached hydrogen (secondary N) is 1. The molecule has 0 aliphatic carbocycles. The molecule has 0 fully saturated rings. The fourth-order valence-corrected chi connectivity index (χ4v) is 1.60. The van der Waals surface area contributed by atoms with Crippen molar-refractivity contribution in [2.45, 2.75) is 26.7 Å². The molecule has 0 saturated carbocycles. The van der Waals surface area contributed by atoms with Crippen LogP contribution in [0.4, 0.5) is 0 Å². The first-order valence-corrected chi connectivity index (χ1v) is 8.46. The van der Waals surface area contributed by atoms with Crippen LogP contribution in [0.15, 0.2) is 0 Å². The van der Waals surface area contributed by atoms with Gasteiger partial charge in [-0.05, 0) is 13.3 Å². The van der Waals surface area contributed by atoms with Gasteiger partial charge in [0.25, 0.3) is 0 Å². The molecule has 0 saturated heterocycles. The van der Waals surface area contributed by atoms with Gasteiger partial charge in [-0.3, -0.25) is 4.79 Å². The first-order valence-electron chi connectivity index (χ1n) is 8.46. The summed E-state index contributed by atoms with van der Waals surface area (Å²) >= 11 is 0. The van der Waals surface area contributed by atoms with Gasteiger partial charge in [0.2, 0.25) is 5.91 Å². The largest absolute Gasteiger partial charge is 0.379 e. The minimum absolute atomic E-state index is 0.0753. The first-order chi connectivity index (χ1) is 11.3. The Labute approximate surface area is 139 Å². The fraction of sp³-hybridized carbons (Fsp3) is 0.938. The highest BCUT2D eigenvalue weighted by Gasteiger charge is 1.97. The van der Waals surface area contributed by atoms with Gasteiger partial charge in [-0.1, -0.05) is 6.92 Å². The topological polar surface area (TPSA) is 75.3 Å². The molecule has 0 aromatic carbocycles. The van der Waals surface area contributed by atoms with Crippen LogP contribution in [0.25, 0.3) is 0 Å². The number of rotatable bonds is 18. The number of amides is 1. The van der Waals surface area contributed by atoms with E-state index < -0.39 is 0 Å². The normalized spacial score (nSPS) is 10.9. The number of ether oxygens (including phenoxy) is 5. The van der Waals surface area contributed by atoms with Crippen LogP contribution >= 0.6 is 0 Å². The van der Waals surface area contributed by atoms with Crippen LogP contribution in [0.3, 0.4) is 0 Å². The second kappa shape index (κ2) is 19.3. The number of hydrogen-bond acceptors (Lipinski definition) is 6. The summed E-state index contributed by atoms with van der Waals surface area (Å²) in [5.74, 6) is 0.0753. The lowest BCUT2D eigenvalue weighted by Gasteiger charge is -2.08. The van der Waals surface area contributed by atoms with Gasteiger partial charge < -0.3 is 29.0 Å². The van der Waals surface area contributed by atoms with Gasteiger partial charge in [0.15, 0.2) is 0 Å². The molecule has 1 N–H and O–H groups in total. The van der Waals surface area contributed by atoms with E-state index in [1.54, 1.807) is 0 Å². The summed E-state index contributed by atoms with van der Waals surface area (Å²) in [6.07, 6.45) is 1.43. The number of carbonyl (C=O) groups excluding carboxylic acids is 1. The van der Waals surface area contributed by atoms with E-state index >= 15 is 0 Å². The summed E-state index contributed by atoms with van der Waals surface area (Å²) in [6, 6.07) is 0. The zero-order chi connectivity index (χ0) is 17.0. The highest BCUT2D eigenvalue weighted by molar-refractivity contribution is 5.75. The molecule has 7 nitrogen and oxygen atoms in total. The van der Waals surface area contributed by atoms with Crippen molar-refractivity contribution in [3.05, 3.63) is 0 Å². The van der Waals surface area contributed by atoms with Crippen LogP contribution in [0.1, 0.15) is 26.7 Å². The molecule has 0 aromatic heterocycles. The second-order valence-corrected chi connectivity index (χ2v) is 4.75. The van der Waals surface area contributed by atoms with Crippen LogP contribution in [0.5, 0.6) is 0 Å². The summed E-state index contributed by atoms with van der Waals surface area (Å²) in [5.41, 5.74) is 0. The third kappa shape index (κ3) is 19.2. The Morgan fingerprint density at radius 2 is 1.13 bits per heavy atom. The predicted molar refractivity (Wildman–Crippen MR) is 87.7 cm³/mol. The lowest BCUT2D eigenvalue weighted by molar-refractivity contribution is -0.121. The Morgan fingerprint density at radius 3 is 1.57 bits per heavy atom. The summed E-state index contributed by atoms with van der Waals surface area (Å²) in [7, 11) is 0. The maximum absolute atomic E-state index is 11.2. The Morgan fingerprint density at radius 1 is 0.696 bits per heavy atom. The van der Waals surface area contributed by atoms with Crippen LogP contribution in [-0.4, -0.2) is 78.5 Å². The van der Waals surface area contributed by atoms with Crippen molar-refractivity contribution in [1.29, 1.82) is 0 Å². The van der Waals surface area contributed by atoms with Crippen molar-refractivity contribution in [2.75, 3.05) is 72.6 Å². The van der Waals surface area contributed by atoms with Crippen molar-refractivity contribution in [2.24, 2.45) is 0 Å². The van der Waals surface area contributed by atoms with E-state index in [-0.39, 0.29) is 5.91 Å². The molecular formula is C16H33NO6. The SMILES string of the molecule is CCCC(=O)NCCOCCOCCOCCOCCOCC. The van der Waals surface area contributed by atoms with Gasteiger partial charge in [0.05, 0.1) is 59.5 Å². The van der Waals surface area contributed by atoms with Crippen molar-refractivity contribution in [1.82, 2.24) is 5.32 Å². The minimum Gasteiger partial charge on any atom is -0.379 e. The highest BCUT2D eigenvalue weighted by Crippen LogP contribution is 1.86. The van der Waals surface area contributed by atoms with Gasteiger partial charge in [0.1, 0.15) is 0 Å². The van der Waals surface area contributed by atoms with Crippen LogP contribution in [0, 0.1) is 0 Å². The quantitative estimate of drug-likeness (QED) is 0.377. The van der Waals surface area contributed by atoms with Crippen LogP contribution in [-0.2, 0) is 28.5 Å². The van der Waals surface area contributed by atoms with E-state index in [0.29, 0.717) is 79.0 Å². The van der Waals surface area contributed by atoms with E-state index in [1.807, 2.05) is 13.8 Å². The molecule has 1 amide bonds. The van der Waals surface area contributed by atoms with Gasteiger partial charge in [-0.15, -0.1) is 0 Å². The molecule has 0 aliphatic rings. The molecular weight excluding hydrogens is 302 g/mol. The predicted octanol–water partition coefficient (Wildman–Crippen LogP) is 1.01. The summed E-state index contributed by atoms with van der Waals surface area (Å²) in [4.78, 5) is 11.2. The lowest BCUT2D eigenvalue weighted by atomic mass is 10.3. The number of carbonyl (C=O) groups is 1. The fourth-order valence-electron chi connectivity index (χ4n) is 1.60. The Kier molecular flexibility index (Phi) is 18.7. The first kappa shape index (κ1) is 22.3. The molecule has 0 aromatic rings. The van der Waals surface area contributed by atoms with E-state index in [2.05, 4.69) is 5.32 Å². The van der Waals surface area contributed by atoms with Gasteiger partial charge in [-0.2, -0.15) is 0 Å². The van der Waals surface area contributed by atoms with E-state index in [9.17, 15) is 4.79 Å². The van der Waals surface area contributed by atoms with E-state index in [1.165, 1.54) is 0 Å². The van der Waals surface area contributed by atoms with Gasteiger partial charge >= 0.3 is 0 Å². The zero-order valence-electron chi connectivity index (χ0n) is 14.6. The molecule has 0 heterocycles. The third-order valence-electron chi connectivity index (χ3n) is 2.74. The average Bonchev–Trinajstić information content (AvgIpc) is 2.54. The minimum atomic E-state index is 0.0753. The van der Waals surface area contributed by atoms with Crippen LogP contribution < -0.4 is 5.32 Å². The van der Waals surface area contributed by atoms with Crippen molar-refractivity contribution in [3.8, 4) is 0 Å². The summed E-state index contributed by atoms with van der Waals surface area (Å²) in [6.45, 7) is 10.2. The van der Waals surface area contributed by atoms with Crippen molar-refractivity contribution < 1.29 is 28.5 Å². The number of hydrogen-bond donors (Lipinski definition) is 1. The smallest absolute Gasteiger partial charge is 0.220 e. The van der Waals surface area contributed by atoms with Crippen LogP contribution in [0.2, 0.25) is 0 Å². The van der Waals surface area contributed by atoms with Gasteiger partial charge in [0, 0.05) is 19.6 Å². The maximum Gasteiger partial charge on any atom is 0.220 e. The molecule has 0 radical (unpaired) electrons. The Bertz CT molecular complexity index is 253. The molecule has 0 aliphatic heterocycles. The standard InChI is InChI=1S/C16H33NO6/c1-3-5-16(18)17-6-7-20-10-11-22-14-15-23-13-12-21-9-8-19-4-2/h3-15H2,1-2H3,(H,17,18). The third-order valence-corrected chi connectivity index (χ3v) is 2.74. The summed E-state index contributed by atoms with van der Waals surface area (Å²) < 4.78 is 26.5. The molecule has 0 bridgehead atoms. The molecule has 23 heavy (non-hydrogen) atoms.